The Bertz CT molecular complexity index is 643. The van der Waals surface area contributed by atoms with Gasteiger partial charge in [-0.15, -0.1) is 0 Å². The number of non-ortho nitro benzene ring substituents is 1. The standard InChI is InChI=1S/C10H10N2O6/c13-5-7(14)4-11-8-3-6(12(16)17)1-2-9(8)18-10(11)15/h1-3,7,13-14H,4-5H2. The van der Waals surface area contributed by atoms with Gasteiger partial charge in [-0.05, 0) is 6.07 Å². The van der Waals surface area contributed by atoms with Gasteiger partial charge in [-0.2, -0.15) is 0 Å². The molecule has 96 valence electrons. The third-order valence-electron chi connectivity index (χ3n) is 2.47. The number of benzene rings is 1. The van der Waals surface area contributed by atoms with Crippen molar-refractivity contribution in [2.45, 2.75) is 12.6 Å². The second-order valence-electron chi connectivity index (χ2n) is 3.72. The average molecular weight is 254 g/mol. The lowest BCUT2D eigenvalue weighted by atomic mass is 10.3. The molecule has 2 rings (SSSR count). The van der Waals surface area contributed by atoms with Crippen LogP contribution in [0.5, 0.6) is 0 Å². The summed E-state index contributed by atoms with van der Waals surface area (Å²) in [5, 5.41) is 28.7. The number of rotatable bonds is 4. The van der Waals surface area contributed by atoms with E-state index < -0.39 is 23.4 Å². The lowest BCUT2D eigenvalue weighted by molar-refractivity contribution is -0.384. The van der Waals surface area contributed by atoms with Gasteiger partial charge in [0.15, 0.2) is 5.58 Å². The molecule has 0 aliphatic heterocycles. The topological polar surface area (TPSA) is 119 Å². The molecule has 8 nitrogen and oxygen atoms in total. The predicted octanol–water partition coefficient (Wildman–Crippen LogP) is -0.144. The zero-order valence-corrected chi connectivity index (χ0v) is 9.15. The quantitative estimate of drug-likeness (QED) is 0.578. The number of aromatic nitrogens is 1. The summed E-state index contributed by atoms with van der Waals surface area (Å²) in [5.41, 5.74) is 0.216. The van der Waals surface area contributed by atoms with Gasteiger partial charge in [-0.25, -0.2) is 4.79 Å². The minimum absolute atomic E-state index is 0.185. The Morgan fingerprint density at radius 3 is 2.83 bits per heavy atom. The number of oxazole rings is 1. The highest BCUT2D eigenvalue weighted by Crippen LogP contribution is 2.20. The van der Waals surface area contributed by atoms with Crippen molar-refractivity contribution in [2.24, 2.45) is 0 Å². The van der Waals surface area contributed by atoms with Gasteiger partial charge in [0.25, 0.3) is 5.69 Å². The summed E-state index contributed by atoms with van der Waals surface area (Å²) in [6.45, 7) is -0.711. The van der Waals surface area contributed by atoms with E-state index in [0.717, 1.165) is 4.57 Å². The fraction of sp³-hybridized carbons (Fsp3) is 0.300. The Morgan fingerprint density at radius 1 is 1.50 bits per heavy atom. The second kappa shape index (κ2) is 4.59. The molecule has 0 bridgehead atoms. The van der Waals surface area contributed by atoms with Gasteiger partial charge in [0, 0.05) is 12.1 Å². The molecular formula is C10H10N2O6. The smallest absolute Gasteiger partial charge is 0.408 e. The highest BCUT2D eigenvalue weighted by atomic mass is 16.6. The molecule has 1 aromatic heterocycles. The molecule has 18 heavy (non-hydrogen) atoms. The van der Waals surface area contributed by atoms with Crippen molar-refractivity contribution in [1.82, 2.24) is 4.57 Å². The first-order valence-electron chi connectivity index (χ1n) is 5.09. The molecule has 2 N–H and O–H groups in total. The van der Waals surface area contributed by atoms with Crippen LogP contribution in [-0.4, -0.2) is 32.4 Å². The molecule has 2 aromatic rings. The van der Waals surface area contributed by atoms with E-state index in [-0.39, 0.29) is 23.3 Å². The molecule has 1 unspecified atom stereocenters. The van der Waals surface area contributed by atoms with E-state index in [4.69, 9.17) is 9.52 Å². The third-order valence-corrected chi connectivity index (χ3v) is 2.47. The van der Waals surface area contributed by atoms with Crippen LogP contribution in [0.4, 0.5) is 5.69 Å². The third kappa shape index (κ3) is 2.11. The van der Waals surface area contributed by atoms with E-state index in [1.54, 1.807) is 0 Å². The lowest BCUT2D eigenvalue weighted by Gasteiger charge is -2.06. The van der Waals surface area contributed by atoms with Crippen molar-refractivity contribution in [3.05, 3.63) is 38.9 Å². The molecule has 0 saturated carbocycles. The van der Waals surface area contributed by atoms with Crippen molar-refractivity contribution in [3.63, 3.8) is 0 Å². The van der Waals surface area contributed by atoms with Gasteiger partial charge >= 0.3 is 5.76 Å². The van der Waals surface area contributed by atoms with Crippen LogP contribution >= 0.6 is 0 Å². The van der Waals surface area contributed by atoms with Crippen molar-refractivity contribution < 1.29 is 19.6 Å². The number of hydrogen-bond donors (Lipinski definition) is 2. The Kier molecular flexibility index (Phi) is 3.13. The van der Waals surface area contributed by atoms with Crippen molar-refractivity contribution >= 4 is 16.8 Å². The molecule has 8 heteroatoms. The van der Waals surface area contributed by atoms with E-state index in [9.17, 15) is 20.0 Å². The first kappa shape index (κ1) is 12.3. The predicted molar refractivity (Wildman–Crippen MR) is 60.2 cm³/mol. The van der Waals surface area contributed by atoms with Crippen LogP contribution in [0.25, 0.3) is 11.1 Å². The summed E-state index contributed by atoms with van der Waals surface area (Å²) in [7, 11) is 0. The Labute approximate surface area is 99.8 Å². The first-order chi connectivity index (χ1) is 8.52. The maximum atomic E-state index is 11.5. The molecule has 1 aromatic carbocycles. The van der Waals surface area contributed by atoms with Gasteiger partial charge in [0.2, 0.25) is 0 Å². The molecule has 1 atom stereocenters. The summed E-state index contributed by atoms with van der Waals surface area (Å²) >= 11 is 0. The summed E-state index contributed by atoms with van der Waals surface area (Å²) in [5.74, 6) is -0.738. The van der Waals surface area contributed by atoms with E-state index in [1.165, 1.54) is 18.2 Å². The monoisotopic (exact) mass is 254 g/mol. The van der Waals surface area contributed by atoms with Crippen LogP contribution in [0.3, 0.4) is 0 Å². The minimum atomic E-state index is -1.14. The number of nitrogens with zero attached hydrogens (tertiary/aromatic N) is 2. The van der Waals surface area contributed by atoms with E-state index in [2.05, 4.69) is 0 Å². The summed E-state index contributed by atoms with van der Waals surface area (Å²) in [6, 6.07) is 3.72. The molecule has 0 fully saturated rings. The summed E-state index contributed by atoms with van der Waals surface area (Å²) in [4.78, 5) is 21.6. The number of aliphatic hydroxyl groups excluding tert-OH is 2. The number of hydrogen-bond acceptors (Lipinski definition) is 6. The van der Waals surface area contributed by atoms with Gasteiger partial charge in [0.1, 0.15) is 0 Å². The molecule has 0 aliphatic rings. The fourth-order valence-corrected chi connectivity index (χ4v) is 1.61. The van der Waals surface area contributed by atoms with Crippen LogP contribution in [0, 0.1) is 10.1 Å². The molecule has 0 aliphatic carbocycles. The Hall–Kier alpha value is -2.19. The number of fused-ring (bicyclic) bond motifs is 1. The maximum absolute atomic E-state index is 11.5. The van der Waals surface area contributed by atoms with E-state index in [0.29, 0.717) is 0 Å². The van der Waals surface area contributed by atoms with E-state index in [1.807, 2.05) is 0 Å². The number of nitro groups is 1. The fourth-order valence-electron chi connectivity index (χ4n) is 1.61. The van der Waals surface area contributed by atoms with E-state index >= 15 is 0 Å². The lowest BCUT2D eigenvalue weighted by Crippen LogP contribution is -2.25. The summed E-state index contributed by atoms with van der Waals surface area (Å²) < 4.78 is 5.92. The first-order valence-corrected chi connectivity index (χ1v) is 5.09. The molecular weight excluding hydrogens is 244 g/mol. The molecule has 0 amide bonds. The van der Waals surface area contributed by atoms with Crippen LogP contribution < -0.4 is 5.76 Å². The largest absolute Gasteiger partial charge is 0.420 e. The van der Waals surface area contributed by atoms with Gasteiger partial charge in [0.05, 0.1) is 29.7 Å². The van der Waals surface area contributed by atoms with Gasteiger partial charge < -0.3 is 14.6 Å². The second-order valence-corrected chi connectivity index (χ2v) is 3.72. The zero-order valence-electron chi connectivity index (χ0n) is 9.15. The normalized spacial score (nSPS) is 12.8. The average Bonchev–Trinajstić information content (AvgIpc) is 2.65. The van der Waals surface area contributed by atoms with Crippen LogP contribution in [0.1, 0.15) is 0 Å². The highest BCUT2D eigenvalue weighted by molar-refractivity contribution is 5.75. The van der Waals surface area contributed by atoms with Gasteiger partial charge in [-0.1, -0.05) is 0 Å². The minimum Gasteiger partial charge on any atom is -0.408 e. The SMILES string of the molecule is O=c1oc2ccc([N+](=O)[O-])cc2n1CC(O)CO. The zero-order chi connectivity index (χ0) is 13.3. The van der Waals surface area contributed by atoms with Crippen LogP contribution in [0.15, 0.2) is 27.4 Å². The highest BCUT2D eigenvalue weighted by Gasteiger charge is 2.16. The van der Waals surface area contributed by atoms with Crippen molar-refractivity contribution in [2.75, 3.05) is 6.61 Å². The maximum Gasteiger partial charge on any atom is 0.420 e. The number of nitro benzene ring substituents is 1. The van der Waals surface area contributed by atoms with Gasteiger partial charge in [-0.3, -0.25) is 14.7 Å². The van der Waals surface area contributed by atoms with Crippen LogP contribution in [0.2, 0.25) is 0 Å². The molecule has 0 spiro atoms. The molecule has 0 saturated heterocycles. The Morgan fingerprint density at radius 2 is 2.22 bits per heavy atom. The Balaban J connectivity index is 2.57. The summed E-state index contributed by atoms with van der Waals surface area (Å²) in [6.07, 6.45) is -1.14. The van der Waals surface area contributed by atoms with Crippen LogP contribution in [-0.2, 0) is 6.54 Å². The molecule has 0 radical (unpaired) electrons. The van der Waals surface area contributed by atoms with Crippen molar-refractivity contribution in [1.29, 1.82) is 0 Å². The van der Waals surface area contributed by atoms with Crippen molar-refractivity contribution in [3.8, 4) is 0 Å². The molecule has 1 heterocycles. The number of aliphatic hydroxyl groups is 2.